The van der Waals surface area contributed by atoms with E-state index in [1.807, 2.05) is 12.1 Å². The lowest BCUT2D eigenvalue weighted by Crippen LogP contribution is -2.36. The molecule has 1 rings (SSSR count). The van der Waals surface area contributed by atoms with Crippen LogP contribution in [0, 0.1) is 0 Å². The highest BCUT2D eigenvalue weighted by Gasteiger charge is 2.08. The molecule has 2 atom stereocenters. The second-order valence-corrected chi connectivity index (χ2v) is 5.06. The summed E-state index contributed by atoms with van der Waals surface area (Å²) in [6.45, 7) is 0. The number of carbonyl (C=O) groups excluding carboxylic acids is 1. The summed E-state index contributed by atoms with van der Waals surface area (Å²) < 4.78 is 21.0. The van der Waals surface area contributed by atoms with Gasteiger partial charge in [-0.2, -0.15) is 0 Å². The number of primary amides is 1. The zero-order valence-electron chi connectivity index (χ0n) is 10.0. The Morgan fingerprint density at radius 3 is 2.33 bits per heavy atom. The van der Waals surface area contributed by atoms with Crippen LogP contribution < -0.4 is 11.5 Å². The van der Waals surface area contributed by atoms with Crippen molar-refractivity contribution in [3.8, 4) is 0 Å². The molecule has 1 amide bonds. The molecule has 1 aromatic rings. The molecular formula is C12H17N2O3S-. The summed E-state index contributed by atoms with van der Waals surface area (Å²) in [6.07, 6.45) is 2.13. The largest absolute Gasteiger partial charge is 0.772 e. The lowest BCUT2D eigenvalue weighted by Gasteiger charge is -2.08. The maximum absolute atomic E-state index is 10.7. The minimum Gasteiger partial charge on any atom is -0.772 e. The number of nitrogens with two attached hydrogens (primary N) is 2. The van der Waals surface area contributed by atoms with Crippen LogP contribution in [0.4, 0.5) is 0 Å². The third kappa shape index (κ3) is 5.39. The average Bonchev–Trinajstić information content (AvgIpc) is 2.30. The Morgan fingerprint density at radius 1 is 1.28 bits per heavy atom. The summed E-state index contributed by atoms with van der Waals surface area (Å²) in [5.74, 6) is -0.449. The van der Waals surface area contributed by atoms with Gasteiger partial charge in [0.15, 0.2) is 0 Å². The van der Waals surface area contributed by atoms with Gasteiger partial charge in [-0.15, -0.1) is 0 Å². The van der Waals surface area contributed by atoms with E-state index in [0.29, 0.717) is 6.42 Å². The molecule has 0 saturated carbocycles. The predicted molar refractivity (Wildman–Crippen MR) is 69.2 cm³/mol. The van der Waals surface area contributed by atoms with Gasteiger partial charge in [0, 0.05) is 5.75 Å². The van der Waals surface area contributed by atoms with Crippen LogP contribution in [0.1, 0.15) is 24.0 Å². The maximum atomic E-state index is 10.7. The maximum Gasteiger partial charge on any atom is 0.234 e. The summed E-state index contributed by atoms with van der Waals surface area (Å²) in [4.78, 5) is 10.7. The van der Waals surface area contributed by atoms with E-state index in [4.69, 9.17) is 11.5 Å². The third-order valence-electron chi connectivity index (χ3n) is 2.65. The van der Waals surface area contributed by atoms with Gasteiger partial charge in [-0.1, -0.05) is 35.3 Å². The number of amides is 1. The summed E-state index contributed by atoms with van der Waals surface area (Å²) >= 11 is -2.06. The van der Waals surface area contributed by atoms with E-state index in [2.05, 4.69) is 0 Å². The van der Waals surface area contributed by atoms with Gasteiger partial charge in [0.05, 0.1) is 6.04 Å². The van der Waals surface area contributed by atoms with Crippen molar-refractivity contribution in [2.45, 2.75) is 31.1 Å². The predicted octanol–water partition coefficient (Wildman–Crippen LogP) is 0.201. The van der Waals surface area contributed by atoms with Crippen LogP contribution in [0.5, 0.6) is 0 Å². The molecule has 0 aliphatic carbocycles. The summed E-state index contributed by atoms with van der Waals surface area (Å²) in [7, 11) is 0. The zero-order chi connectivity index (χ0) is 13.5. The molecule has 0 fully saturated rings. The molecule has 18 heavy (non-hydrogen) atoms. The molecule has 1 unspecified atom stereocenters. The Hall–Kier alpha value is -1.24. The van der Waals surface area contributed by atoms with Crippen molar-refractivity contribution in [2.24, 2.45) is 11.5 Å². The molecule has 0 heterocycles. The molecule has 6 heteroatoms. The van der Waals surface area contributed by atoms with Crippen LogP contribution in [0.3, 0.4) is 0 Å². The van der Waals surface area contributed by atoms with Crippen LogP contribution in [0.15, 0.2) is 24.3 Å². The number of rotatable bonds is 7. The molecule has 0 saturated heterocycles. The van der Waals surface area contributed by atoms with Crippen molar-refractivity contribution < 1.29 is 13.6 Å². The summed E-state index contributed by atoms with van der Waals surface area (Å²) in [6, 6.07) is 6.76. The molecule has 5 nitrogen and oxygen atoms in total. The molecule has 0 aromatic heterocycles. The Bertz CT molecular complexity index is 420. The van der Waals surface area contributed by atoms with E-state index in [9.17, 15) is 13.6 Å². The number of hydrogen-bond acceptors (Lipinski definition) is 4. The van der Waals surface area contributed by atoms with Crippen LogP contribution in [-0.4, -0.2) is 20.7 Å². The number of aryl methyl sites for hydroxylation is 1. The van der Waals surface area contributed by atoms with Crippen molar-refractivity contribution in [1.29, 1.82) is 0 Å². The van der Waals surface area contributed by atoms with Crippen LogP contribution in [0.25, 0.3) is 0 Å². The smallest absolute Gasteiger partial charge is 0.234 e. The van der Waals surface area contributed by atoms with E-state index in [-0.39, 0.29) is 5.75 Å². The van der Waals surface area contributed by atoms with Crippen molar-refractivity contribution in [3.05, 3.63) is 35.4 Å². The minimum atomic E-state index is -2.06. The molecule has 100 valence electrons. The van der Waals surface area contributed by atoms with E-state index < -0.39 is 23.0 Å². The van der Waals surface area contributed by atoms with Gasteiger partial charge in [-0.25, -0.2) is 0 Å². The summed E-state index contributed by atoms with van der Waals surface area (Å²) in [5.41, 5.74) is 12.4. The van der Waals surface area contributed by atoms with Crippen LogP contribution >= 0.6 is 0 Å². The molecule has 0 bridgehead atoms. The van der Waals surface area contributed by atoms with Crippen molar-refractivity contribution in [1.82, 2.24) is 0 Å². The van der Waals surface area contributed by atoms with Crippen molar-refractivity contribution in [2.75, 3.05) is 0 Å². The Kier molecular flexibility index (Phi) is 5.97. The highest BCUT2D eigenvalue weighted by molar-refractivity contribution is 7.78. The zero-order valence-corrected chi connectivity index (χ0v) is 10.8. The standard InChI is InChI=1S/C12H18N2O3S/c13-11(12(14)15)3-1-2-9-4-6-10(7-5-9)8-18(16)17/h4-7,11H,1-3,8,13H2,(H2,14,15)(H,16,17)/p-1/t11-/m0/s1. The quantitative estimate of drug-likeness (QED) is 0.689. The fraction of sp³-hybridized carbons (Fsp3) is 0.417. The highest BCUT2D eigenvalue weighted by atomic mass is 32.2. The number of benzene rings is 1. The first kappa shape index (κ1) is 14.8. The molecule has 1 aromatic carbocycles. The first-order valence-corrected chi connectivity index (χ1v) is 6.92. The average molecular weight is 269 g/mol. The van der Waals surface area contributed by atoms with Crippen molar-refractivity contribution in [3.63, 3.8) is 0 Å². The van der Waals surface area contributed by atoms with Crippen LogP contribution in [0.2, 0.25) is 0 Å². The van der Waals surface area contributed by atoms with E-state index in [1.54, 1.807) is 12.1 Å². The van der Waals surface area contributed by atoms with Gasteiger partial charge in [0.1, 0.15) is 0 Å². The van der Waals surface area contributed by atoms with E-state index in [1.165, 1.54) is 0 Å². The monoisotopic (exact) mass is 269 g/mol. The number of carbonyl (C=O) groups is 1. The SMILES string of the molecule is NC(=O)[C@@H](N)CCCc1ccc(CS(=O)[O-])cc1. The second kappa shape index (κ2) is 7.25. The molecular weight excluding hydrogens is 252 g/mol. The van der Waals surface area contributed by atoms with Gasteiger partial charge in [-0.3, -0.25) is 9.00 Å². The normalized spacial score (nSPS) is 14.1. The third-order valence-corrected chi connectivity index (χ3v) is 3.22. The Labute approximate surface area is 109 Å². The molecule has 0 radical (unpaired) electrons. The van der Waals surface area contributed by atoms with Gasteiger partial charge in [0.2, 0.25) is 5.91 Å². The first-order chi connectivity index (χ1) is 8.49. The van der Waals surface area contributed by atoms with E-state index >= 15 is 0 Å². The molecule has 0 aliphatic rings. The lowest BCUT2D eigenvalue weighted by molar-refractivity contribution is -0.119. The van der Waals surface area contributed by atoms with Gasteiger partial charge < -0.3 is 16.0 Å². The van der Waals surface area contributed by atoms with Gasteiger partial charge >= 0.3 is 0 Å². The van der Waals surface area contributed by atoms with Crippen LogP contribution in [-0.2, 0) is 28.0 Å². The van der Waals surface area contributed by atoms with Crippen molar-refractivity contribution >= 4 is 17.0 Å². The molecule has 0 spiro atoms. The first-order valence-electron chi connectivity index (χ1n) is 5.67. The molecule has 4 N–H and O–H groups in total. The van der Waals surface area contributed by atoms with Gasteiger partial charge in [-0.05, 0) is 30.4 Å². The fourth-order valence-corrected chi connectivity index (χ4v) is 2.07. The Balaban J connectivity index is 2.39. The summed E-state index contributed by atoms with van der Waals surface area (Å²) in [5, 5.41) is 0. The van der Waals surface area contributed by atoms with E-state index in [0.717, 1.165) is 24.0 Å². The lowest BCUT2D eigenvalue weighted by atomic mass is 10.0. The minimum absolute atomic E-state index is 0.0346. The molecule has 0 aliphatic heterocycles. The fourth-order valence-electron chi connectivity index (χ4n) is 1.61. The Morgan fingerprint density at radius 2 is 1.83 bits per heavy atom. The number of hydrogen-bond donors (Lipinski definition) is 2. The van der Waals surface area contributed by atoms with Gasteiger partial charge in [0.25, 0.3) is 0 Å². The topological polar surface area (TPSA) is 109 Å². The highest BCUT2D eigenvalue weighted by Crippen LogP contribution is 2.09. The second-order valence-electron chi connectivity index (χ2n) is 4.17.